The van der Waals surface area contributed by atoms with Gasteiger partial charge in [0.05, 0.1) is 16.2 Å². The molecule has 0 aliphatic heterocycles. The molecule has 2 amide bonds. The fourth-order valence-electron chi connectivity index (χ4n) is 2.05. The molecule has 150 valence electrons. The number of nitrogens with zero attached hydrogens (tertiary/aromatic N) is 2. The highest BCUT2D eigenvalue weighted by Gasteiger charge is 2.10. The summed E-state index contributed by atoms with van der Waals surface area (Å²) in [6, 6.07) is 10.8. The van der Waals surface area contributed by atoms with E-state index in [0.717, 1.165) is 5.56 Å². The van der Waals surface area contributed by atoms with Crippen LogP contribution in [0.5, 0.6) is 5.75 Å². The van der Waals surface area contributed by atoms with Gasteiger partial charge < -0.3 is 10.1 Å². The number of non-ortho nitro benzene ring substituents is 1. The van der Waals surface area contributed by atoms with Crippen LogP contribution in [-0.4, -0.2) is 29.5 Å². The highest BCUT2D eigenvalue weighted by Crippen LogP contribution is 2.26. The van der Waals surface area contributed by atoms with Crippen LogP contribution in [-0.2, 0) is 16.2 Å². The van der Waals surface area contributed by atoms with E-state index in [1.807, 2.05) is 0 Å². The Labute approximate surface area is 171 Å². The van der Waals surface area contributed by atoms with Gasteiger partial charge in [0.15, 0.2) is 0 Å². The number of carbonyl (C=O) groups excluding carboxylic acids is 2. The van der Waals surface area contributed by atoms with Crippen molar-refractivity contribution in [1.29, 1.82) is 0 Å². The molecule has 0 saturated heterocycles. The van der Waals surface area contributed by atoms with E-state index in [4.69, 9.17) is 16.3 Å². The van der Waals surface area contributed by atoms with Gasteiger partial charge in [-0.05, 0) is 41.5 Å². The van der Waals surface area contributed by atoms with E-state index in [1.54, 1.807) is 30.3 Å². The maximum Gasteiger partial charge on any atom is 0.329 e. The second kappa shape index (κ2) is 10.6. The molecule has 29 heavy (non-hydrogen) atoms. The number of hydrogen-bond donors (Lipinski definition) is 2. The van der Waals surface area contributed by atoms with Crippen molar-refractivity contribution in [3.8, 4) is 5.75 Å². The number of rotatable bonds is 8. The predicted molar refractivity (Wildman–Crippen MR) is 108 cm³/mol. The predicted octanol–water partition coefficient (Wildman–Crippen LogP) is 2.58. The maximum absolute atomic E-state index is 11.5. The van der Waals surface area contributed by atoms with Gasteiger partial charge >= 0.3 is 11.8 Å². The Morgan fingerprint density at radius 3 is 2.55 bits per heavy atom. The van der Waals surface area contributed by atoms with Gasteiger partial charge in [-0.2, -0.15) is 5.10 Å². The standard InChI is InChI=1S/C19H17ClN4O5/c1-2-9-21-18(25)19(26)23-22-11-14-5-8-17(16(20)10-14)29-12-13-3-6-15(7-4-13)24(27)28/h2-8,10-11H,1,9,12H2,(H,21,25)(H,23,26)/b22-11-. The summed E-state index contributed by atoms with van der Waals surface area (Å²) in [5, 5.41) is 17.0. The number of amides is 2. The molecule has 2 aromatic rings. The van der Waals surface area contributed by atoms with Crippen molar-refractivity contribution in [3.05, 3.63) is 81.4 Å². The second-order valence-corrected chi connectivity index (χ2v) is 6.01. The summed E-state index contributed by atoms with van der Waals surface area (Å²) in [6.07, 6.45) is 2.77. The quantitative estimate of drug-likeness (QED) is 0.225. The van der Waals surface area contributed by atoms with Crippen molar-refractivity contribution in [1.82, 2.24) is 10.7 Å². The molecule has 0 atom stereocenters. The van der Waals surface area contributed by atoms with E-state index in [1.165, 1.54) is 24.4 Å². The normalized spacial score (nSPS) is 10.4. The van der Waals surface area contributed by atoms with Crippen LogP contribution < -0.4 is 15.5 Å². The molecule has 0 aromatic heterocycles. The van der Waals surface area contributed by atoms with Gasteiger partial charge in [-0.1, -0.05) is 17.7 Å². The molecule has 0 spiro atoms. The molecule has 0 radical (unpaired) electrons. The first-order chi connectivity index (χ1) is 13.9. The number of hydrogen-bond acceptors (Lipinski definition) is 6. The first kappa shape index (κ1) is 21.6. The molecule has 9 nitrogen and oxygen atoms in total. The summed E-state index contributed by atoms with van der Waals surface area (Å²) in [4.78, 5) is 33.0. The third-order valence-corrected chi connectivity index (χ3v) is 3.79. The lowest BCUT2D eigenvalue weighted by atomic mass is 10.2. The van der Waals surface area contributed by atoms with Gasteiger partial charge in [-0.15, -0.1) is 6.58 Å². The number of nitro benzene ring substituents is 1. The van der Waals surface area contributed by atoms with Crippen LogP contribution in [0.15, 0.2) is 60.2 Å². The molecule has 2 rings (SSSR count). The number of carbonyl (C=O) groups is 2. The molecule has 0 unspecified atom stereocenters. The second-order valence-electron chi connectivity index (χ2n) is 5.60. The smallest absolute Gasteiger partial charge is 0.329 e. The number of benzene rings is 2. The summed E-state index contributed by atoms with van der Waals surface area (Å²) in [7, 11) is 0. The molecule has 2 N–H and O–H groups in total. The number of hydrazone groups is 1. The molecule has 0 saturated carbocycles. The highest BCUT2D eigenvalue weighted by molar-refractivity contribution is 6.35. The van der Waals surface area contributed by atoms with Gasteiger partial charge in [0, 0.05) is 18.7 Å². The average molecular weight is 417 g/mol. The minimum absolute atomic E-state index is 0.000648. The zero-order valence-corrected chi connectivity index (χ0v) is 15.9. The molecule has 0 heterocycles. The Hall–Kier alpha value is -3.72. The number of nitrogens with one attached hydrogen (secondary N) is 2. The van der Waals surface area contributed by atoms with E-state index >= 15 is 0 Å². The van der Waals surface area contributed by atoms with Crippen LogP contribution in [0.2, 0.25) is 5.02 Å². The van der Waals surface area contributed by atoms with Gasteiger partial charge in [0.2, 0.25) is 0 Å². The number of ether oxygens (including phenoxy) is 1. The Kier molecular flexibility index (Phi) is 7.87. The van der Waals surface area contributed by atoms with Crippen LogP contribution in [0.4, 0.5) is 5.69 Å². The molecular formula is C19H17ClN4O5. The Bertz CT molecular complexity index is 944. The third-order valence-electron chi connectivity index (χ3n) is 3.49. The van der Waals surface area contributed by atoms with Gasteiger partial charge in [0.1, 0.15) is 12.4 Å². The van der Waals surface area contributed by atoms with Crippen LogP contribution in [0, 0.1) is 10.1 Å². The SMILES string of the molecule is C=CCNC(=O)C(=O)N/N=C\c1ccc(OCc2ccc([N+](=O)[O-])cc2)c(Cl)c1. The minimum atomic E-state index is -0.905. The lowest BCUT2D eigenvalue weighted by Crippen LogP contribution is -2.37. The summed E-state index contributed by atoms with van der Waals surface area (Å²) in [5.74, 6) is -1.32. The monoisotopic (exact) mass is 416 g/mol. The zero-order valence-electron chi connectivity index (χ0n) is 15.1. The van der Waals surface area contributed by atoms with Crippen LogP contribution in [0.25, 0.3) is 0 Å². The molecular weight excluding hydrogens is 400 g/mol. The molecule has 0 aliphatic rings. The lowest BCUT2D eigenvalue weighted by molar-refractivity contribution is -0.384. The van der Waals surface area contributed by atoms with Crippen molar-refractivity contribution >= 4 is 35.3 Å². The van der Waals surface area contributed by atoms with Crippen molar-refractivity contribution < 1.29 is 19.2 Å². The number of halogens is 1. The Morgan fingerprint density at radius 1 is 1.21 bits per heavy atom. The molecule has 0 fully saturated rings. The molecule has 10 heteroatoms. The summed E-state index contributed by atoms with van der Waals surface area (Å²) >= 11 is 6.17. The highest BCUT2D eigenvalue weighted by atomic mass is 35.5. The van der Waals surface area contributed by atoms with Gasteiger partial charge in [0.25, 0.3) is 5.69 Å². The molecule has 0 aliphatic carbocycles. The van der Waals surface area contributed by atoms with E-state index in [0.29, 0.717) is 16.3 Å². The number of nitro groups is 1. The average Bonchev–Trinajstić information content (AvgIpc) is 2.71. The largest absolute Gasteiger partial charge is 0.487 e. The minimum Gasteiger partial charge on any atom is -0.487 e. The molecule has 2 aromatic carbocycles. The first-order valence-corrected chi connectivity index (χ1v) is 8.66. The Balaban J connectivity index is 1.90. The van der Waals surface area contributed by atoms with Crippen LogP contribution in [0.3, 0.4) is 0 Å². The maximum atomic E-state index is 11.5. The van der Waals surface area contributed by atoms with E-state index in [-0.39, 0.29) is 18.8 Å². The van der Waals surface area contributed by atoms with Crippen molar-refractivity contribution in [2.45, 2.75) is 6.61 Å². The summed E-state index contributed by atoms with van der Waals surface area (Å²) < 4.78 is 5.61. The third kappa shape index (κ3) is 6.74. The van der Waals surface area contributed by atoms with Crippen molar-refractivity contribution in [2.75, 3.05) is 6.54 Å². The van der Waals surface area contributed by atoms with E-state index in [9.17, 15) is 19.7 Å². The van der Waals surface area contributed by atoms with Crippen molar-refractivity contribution in [3.63, 3.8) is 0 Å². The van der Waals surface area contributed by atoms with Crippen LogP contribution >= 0.6 is 11.6 Å². The topological polar surface area (TPSA) is 123 Å². The fourth-order valence-corrected chi connectivity index (χ4v) is 2.29. The summed E-state index contributed by atoms with van der Waals surface area (Å²) in [6.45, 7) is 3.78. The van der Waals surface area contributed by atoms with Gasteiger partial charge in [-0.25, -0.2) is 5.43 Å². The van der Waals surface area contributed by atoms with E-state index < -0.39 is 16.7 Å². The fraction of sp³-hybridized carbons (Fsp3) is 0.105. The van der Waals surface area contributed by atoms with Crippen LogP contribution in [0.1, 0.15) is 11.1 Å². The summed E-state index contributed by atoms with van der Waals surface area (Å²) in [5.41, 5.74) is 3.41. The lowest BCUT2D eigenvalue weighted by Gasteiger charge is -2.08. The first-order valence-electron chi connectivity index (χ1n) is 8.28. The van der Waals surface area contributed by atoms with E-state index in [2.05, 4.69) is 22.4 Å². The van der Waals surface area contributed by atoms with Gasteiger partial charge in [-0.3, -0.25) is 19.7 Å². The zero-order chi connectivity index (χ0) is 21.2. The molecule has 0 bridgehead atoms. The Morgan fingerprint density at radius 2 is 1.93 bits per heavy atom. The van der Waals surface area contributed by atoms with Crippen molar-refractivity contribution in [2.24, 2.45) is 5.10 Å².